The summed E-state index contributed by atoms with van der Waals surface area (Å²) in [6.45, 7) is 2.22. The van der Waals surface area contributed by atoms with Gasteiger partial charge in [0.25, 0.3) is 0 Å². The second-order valence-corrected chi connectivity index (χ2v) is 7.33. The predicted octanol–water partition coefficient (Wildman–Crippen LogP) is 3.20. The number of benzene rings is 1. The first-order chi connectivity index (χ1) is 12.9. The zero-order valence-corrected chi connectivity index (χ0v) is 14.8. The summed E-state index contributed by atoms with van der Waals surface area (Å²) in [5.74, 6) is 1.05. The maximum atomic E-state index is 4.73. The van der Waals surface area contributed by atoms with Crippen molar-refractivity contribution in [1.82, 2.24) is 24.6 Å². The maximum absolute atomic E-state index is 4.73. The van der Waals surface area contributed by atoms with Crippen LogP contribution in [0.2, 0.25) is 0 Å². The van der Waals surface area contributed by atoms with Gasteiger partial charge in [0.15, 0.2) is 0 Å². The van der Waals surface area contributed by atoms with Gasteiger partial charge in [-0.2, -0.15) is 5.10 Å². The van der Waals surface area contributed by atoms with Crippen LogP contribution in [-0.2, 0) is 12.8 Å². The summed E-state index contributed by atoms with van der Waals surface area (Å²) in [5.41, 5.74) is 4.09. The SMILES string of the molecule is c1cncc([C@@H](c2ncnn2C2Cc3ccccc3C2)N2CCCC2)c1. The van der Waals surface area contributed by atoms with Crippen LogP contribution >= 0.6 is 0 Å². The molecule has 5 rings (SSSR count). The van der Waals surface area contributed by atoms with Gasteiger partial charge in [0, 0.05) is 12.4 Å². The highest BCUT2D eigenvalue weighted by Gasteiger charge is 2.32. The number of nitrogens with zero attached hydrogens (tertiary/aromatic N) is 5. The van der Waals surface area contributed by atoms with Crippen molar-refractivity contribution in [3.05, 3.63) is 77.6 Å². The standard InChI is InChI=1S/C21H23N5/c1-2-7-17-13-19(12-16(17)6-1)26-21(23-15-24-26)20(25-10-3-4-11-25)18-8-5-9-22-14-18/h1-2,5-9,14-15,19-20H,3-4,10-13H2/t20-/m0/s1. The van der Waals surface area contributed by atoms with Crippen LogP contribution in [0.15, 0.2) is 55.1 Å². The average Bonchev–Trinajstić information content (AvgIpc) is 3.43. The van der Waals surface area contributed by atoms with E-state index < -0.39 is 0 Å². The third-order valence-electron chi connectivity index (χ3n) is 5.73. The van der Waals surface area contributed by atoms with Crippen LogP contribution in [0.1, 0.15) is 47.4 Å². The molecular formula is C21H23N5. The molecule has 0 unspecified atom stereocenters. The Morgan fingerprint density at radius 3 is 2.42 bits per heavy atom. The van der Waals surface area contributed by atoms with Gasteiger partial charge in [0.05, 0.1) is 12.1 Å². The zero-order chi connectivity index (χ0) is 17.3. The molecule has 0 amide bonds. The molecule has 0 spiro atoms. The Bertz CT molecular complexity index is 857. The molecule has 1 atom stereocenters. The second kappa shape index (κ2) is 6.65. The fraction of sp³-hybridized carbons (Fsp3) is 0.381. The molecule has 3 aromatic rings. The van der Waals surface area contributed by atoms with E-state index in [-0.39, 0.29) is 6.04 Å². The van der Waals surface area contributed by atoms with Gasteiger partial charge < -0.3 is 0 Å². The predicted molar refractivity (Wildman–Crippen MR) is 99.8 cm³/mol. The van der Waals surface area contributed by atoms with Crippen molar-refractivity contribution in [1.29, 1.82) is 0 Å². The van der Waals surface area contributed by atoms with Gasteiger partial charge >= 0.3 is 0 Å². The number of fused-ring (bicyclic) bond motifs is 1. The molecule has 3 heterocycles. The molecule has 0 saturated carbocycles. The summed E-state index contributed by atoms with van der Waals surface area (Å²) in [5, 5.41) is 4.66. The van der Waals surface area contributed by atoms with Gasteiger partial charge in [0.2, 0.25) is 0 Å². The highest BCUT2D eigenvalue weighted by Crippen LogP contribution is 2.35. The fourth-order valence-corrected chi connectivity index (χ4v) is 4.51. The Balaban J connectivity index is 1.52. The molecule has 1 aliphatic carbocycles. The molecule has 0 N–H and O–H groups in total. The van der Waals surface area contributed by atoms with Crippen molar-refractivity contribution < 1.29 is 0 Å². The van der Waals surface area contributed by atoms with Crippen LogP contribution in [0.5, 0.6) is 0 Å². The van der Waals surface area contributed by atoms with E-state index in [2.05, 4.69) is 50.0 Å². The van der Waals surface area contributed by atoms with Crippen molar-refractivity contribution in [3.8, 4) is 0 Å². The average molecular weight is 345 g/mol. The van der Waals surface area contributed by atoms with Crippen molar-refractivity contribution >= 4 is 0 Å². The third-order valence-corrected chi connectivity index (χ3v) is 5.73. The van der Waals surface area contributed by atoms with Crippen molar-refractivity contribution in [3.63, 3.8) is 0 Å². The number of likely N-dealkylation sites (tertiary alicyclic amines) is 1. The summed E-state index contributed by atoms with van der Waals surface area (Å²) in [7, 11) is 0. The molecule has 132 valence electrons. The van der Waals surface area contributed by atoms with Crippen molar-refractivity contribution in [2.75, 3.05) is 13.1 Å². The maximum Gasteiger partial charge on any atom is 0.149 e. The highest BCUT2D eigenvalue weighted by molar-refractivity contribution is 5.33. The van der Waals surface area contributed by atoms with Gasteiger partial charge in [-0.3, -0.25) is 9.88 Å². The molecule has 0 radical (unpaired) electrons. The smallest absolute Gasteiger partial charge is 0.149 e. The van der Waals surface area contributed by atoms with Crippen LogP contribution < -0.4 is 0 Å². The quantitative estimate of drug-likeness (QED) is 0.728. The first-order valence-electron chi connectivity index (χ1n) is 9.50. The topological polar surface area (TPSA) is 46.8 Å². The lowest BCUT2D eigenvalue weighted by molar-refractivity contribution is 0.257. The summed E-state index contributed by atoms with van der Waals surface area (Å²) in [6.07, 6.45) is 10.1. The Kier molecular flexibility index (Phi) is 4.02. The summed E-state index contributed by atoms with van der Waals surface area (Å²) in [4.78, 5) is 11.6. The van der Waals surface area contributed by atoms with Crippen LogP contribution in [0.4, 0.5) is 0 Å². The largest absolute Gasteiger partial charge is 0.290 e. The molecule has 2 aromatic heterocycles. The number of hydrogen-bond acceptors (Lipinski definition) is 4. The summed E-state index contributed by atoms with van der Waals surface area (Å²) < 4.78 is 2.18. The summed E-state index contributed by atoms with van der Waals surface area (Å²) in [6, 6.07) is 13.4. The molecule has 1 saturated heterocycles. The van der Waals surface area contributed by atoms with E-state index in [1.807, 2.05) is 18.5 Å². The van der Waals surface area contributed by atoms with Crippen LogP contribution in [0, 0.1) is 0 Å². The van der Waals surface area contributed by atoms with E-state index in [9.17, 15) is 0 Å². The monoisotopic (exact) mass is 345 g/mol. The minimum absolute atomic E-state index is 0.136. The molecule has 1 fully saturated rings. The Labute approximate surface area is 153 Å². The zero-order valence-electron chi connectivity index (χ0n) is 14.8. The molecule has 26 heavy (non-hydrogen) atoms. The van der Waals surface area contributed by atoms with Gasteiger partial charge in [-0.05, 0) is 61.5 Å². The first kappa shape index (κ1) is 15.7. The third kappa shape index (κ3) is 2.72. The lowest BCUT2D eigenvalue weighted by Gasteiger charge is -2.28. The Hall–Kier alpha value is -2.53. The normalized spacial score (nSPS) is 18.9. The van der Waals surface area contributed by atoms with Crippen molar-refractivity contribution in [2.45, 2.75) is 37.8 Å². The van der Waals surface area contributed by atoms with E-state index >= 15 is 0 Å². The molecular weight excluding hydrogens is 322 g/mol. The van der Waals surface area contributed by atoms with E-state index in [0.717, 1.165) is 31.8 Å². The van der Waals surface area contributed by atoms with Gasteiger partial charge in [-0.15, -0.1) is 0 Å². The molecule has 5 nitrogen and oxygen atoms in total. The minimum Gasteiger partial charge on any atom is -0.290 e. The van der Waals surface area contributed by atoms with Gasteiger partial charge in [0.1, 0.15) is 12.2 Å². The molecule has 1 aromatic carbocycles. The van der Waals surface area contributed by atoms with Crippen molar-refractivity contribution in [2.24, 2.45) is 0 Å². The fourth-order valence-electron chi connectivity index (χ4n) is 4.51. The minimum atomic E-state index is 0.136. The van der Waals surface area contributed by atoms with Crippen LogP contribution in [0.25, 0.3) is 0 Å². The van der Waals surface area contributed by atoms with E-state index in [4.69, 9.17) is 4.98 Å². The number of hydrogen-bond donors (Lipinski definition) is 0. The first-order valence-corrected chi connectivity index (χ1v) is 9.50. The van der Waals surface area contributed by atoms with E-state index in [1.165, 1.54) is 29.5 Å². The van der Waals surface area contributed by atoms with Gasteiger partial charge in [-0.25, -0.2) is 9.67 Å². The molecule has 1 aliphatic heterocycles. The highest BCUT2D eigenvalue weighted by atomic mass is 15.4. The Morgan fingerprint density at radius 2 is 1.73 bits per heavy atom. The Morgan fingerprint density at radius 1 is 0.962 bits per heavy atom. The lowest BCUT2D eigenvalue weighted by Crippen LogP contribution is -2.30. The van der Waals surface area contributed by atoms with E-state index in [0.29, 0.717) is 6.04 Å². The number of aromatic nitrogens is 4. The lowest BCUT2D eigenvalue weighted by atomic mass is 10.1. The number of pyridine rings is 1. The van der Waals surface area contributed by atoms with E-state index in [1.54, 1.807) is 6.33 Å². The summed E-state index contributed by atoms with van der Waals surface area (Å²) >= 11 is 0. The van der Waals surface area contributed by atoms with Gasteiger partial charge in [-0.1, -0.05) is 30.3 Å². The molecule has 0 bridgehead atoms. The number of rotatable bonds is 4. The van der Waals surface area contributed by atoms with Crippen LogP contribution in [0.3, 0.4) is 0 Å². The molecule has 5 heteroatoms. The molecule has 2 aliphatic rings. The second-order valence-electron chi connectivity index (χ2n) is 7.33. The van der Waals surface area contributed by atoms with Crippen LogP contribution in [-0.4, -0.2) is 37.7 Å².